The maximum absolute atomic E-state index is 12.5. The van der Waals surface area contributed by atoms with E-state index in [-0.39, 0.29) is 0 Å². The Balaban J connectivity index is 1.31. The highest BCUT2D eigenvalue weighted by atomic mass is 16.2. The maximum Gasteiger partial charge on any atom is 0.222 e. The van der Waals surface area contributed by atoms with Gasteiger partial charge in [0.1, 0.15) is 0 Å². The van der Waals surface area contributed by atoms with E-state index in [1.807, 2.05) is 0 Å². The summed E-state index contributed by atoms with van der Waals surface area (Å²) in [7, 11) is 0. The summed E-state index contributed by atoms with van der Waals surface area (Å²) >= 11 is 0. The second kappa shape index (κ2) is 8.74. The van der Waals surface area contributed by atoms with E-state index in [0.717, 1.165) is 32.4 Å². The second-order valence-electron chi connectivity index (χ2n) is 8.98. The number of amides is 1. The molecule has 0 aliphatic carbocycles. The van der Waals surface area contributed by atoms with Gasteiger partial charge in [-0.2, -0.15) is 0 Å². The summed E-state index contributed by atoms with van der Waals surface area (Å²) in [6, 6.07) is 10.6. The number of likely N-dealkylation sites (tertiary alicyclic amines) is 3. The molecule has 0 N–H and O–H groups in total. The molecule has 27 heavy (non-hydrogen) atoms. The lowest BCUT2D eigenvalue weighted by Gasteiger charge is -2.48. The lowest BCUT2D eigenvalue weighted by atomic mass is 9.73. The number of nitrogens with zero attached hydrogens (tertiary/aromatic N) is 3. The van der Waals surface area contributed by atoms with Gasteiger partial charge in [0, 0.05) is 44.6 Å². The lowest BCUT2D eigenvalue weighted by molar-refractivity contribution is -0.139. The minimum absolute atomic E-state index is 0.341. The lowest BCUT2D eigenvalue weighted by Crippen LogP contribution is -2.55. The van der Waals surface area contributed by atoms with Crippen LogP contribution in [0.1, 0.15) is 44.1 Å². The Morgan fingerprint density at radius 2 is 1.56 bits per heavy atom. The van der Waals surface area contributed by atoms with Gasteiger partial charge in [0.15, 0.2) is 0 Å². The van der Waals surface area contributed by atoms with E-state index in [0.29, 0.717) is 11.3 Å². The van der Waals surface area contributed by atoms with Crippen molar-refractivity contribution >= 4 is 5.91 Å². The highest BCUT2D eigenvalue weighted by Gasteiger charge is 2.41. The quantitative estimate of drug-likeness (QED) is 0.771. The van der Waals surface area contributed by atoms with E-state index in [1.54, 1.807) is 0 Å². The smallest absolute Gasteiger partial charge is 0.222 e. The summed E-state index contributed by atoms with van der Waals surface area (Å²) in [5, 5.41) is 0. The molecule has 0 unspecified atom stereocenters. The number of rotatable bonds is 6. The second-order valence-corrected chi connectivity index (χ2v) is 8.98. The molecule has 0 aromatic heterocycles. The predicted molar refractivity (Wildman–Crippen MR) is 110 cm³/mol. The fourth-order valence-electron chi connectivity index (χ4n) is 5.34. The molecule has 148 valence electrons. The number of piperidine rings is 2. The zero-order valence-corrected chi connectivity index (χ0v) is 16.7. The van der Waals surface area contributed by atoms with Crippen molar-refractivity contribution in [3.05, 3.63) is 35.9 Å². The molecule has 3 aliphatic rings. The van der Waals surface area contributed by atoms with Crippen LogP contribution in [0.15, 0.2) is 30.3 Å². The van der Waals surface area contributed by atoms with Crippen LogP contribution in [0.5, 0.6) is 0 Å². The van der Waals surface area contributed by atoms with Crippen LogP contribution in [0.4, 0.5) is 0 Å². The normalized spacial score (nSPS) is 27.6. The summed E-state index contributed by atoms with van der Waals surface area (Å²) in [6.07, 6.45) is 8.15. The molecule has 0 radical (unpaired) electrons. The zero-order chi connectivity index (χ0) is 18.5. The fourth-order valence-corrected chi connectivity index (χ4v) is 5.34. The van der Waals surface area contributed by atoms with Crippen molar-refractivity contribution in [3.63, 3.8) is 0 Å². The first-order chi connectivity index (χ1) is 13.2. The zero-order valence-electron chi connectivity index (χ0n) is 16.7. The largest absolute Gasteiger partial charge is 0.342 e. The summed E-state index contributed by atoms with van der Waals surface area (Å²) in [5.41, 5.74) is 1.68. The monoisotopic (exact) mass is 369 g/mol. The molecule has 3 aliphatic heterocycles. The molecule has 1 spiro atoms. The number of carbonyl (C=O) groups excluding carboxylic acids is 1. The van der Waals surface area contributed by atoms with Gasteiger partial charge in [-0.25, -0.2) is 0 Å². The molecule has 4 rings (SSSR count). The molecule has 3 heterocycles. The van der Waals surface area contributed by atoms with Gasteiger partial charge in [-0.1, -0.05) is 30.3 Å². The van der Waals surface area contributed by atoms with E-state index < -0.39 is 0 Å². The Morgan fingerprint density at radius 3 is 2.37 bits per heavy atom. The van der Waals surface area contributed by atoms with Crippen LogP contribution in [-0.2, 0) is 11.2 Å². The van der Waals surface area contributed by atoms with E-state index in [4.69, 9.17) is 0 Å². The average molecular weight is 370 g/mol. The van der Waals surface area contributed by atoms with E-state index >= 15 is 0 Å². The van der Waals surface area contributed by atoms with E-state index in [1.165, 1.54) is 70.5 Å². The van der Waals surface area contributed by atoms with Crippen molar-refractivity contribution in [2.75, 3.05) is 52.4 Å². The Bertz CT molecular complexity index is 613. The first-order valence-electron chi connectivity index (χ1n) is 11.0. The molecule has 0 saturated carbocycles. The van der Waals surface area contributed by atoms with Gasteiger partial charge in [0.2, 0.25) is 5.91 Å². The molecule has 3 saturated heterocycles. The minimum Gasteiger partial charge on any atom is -0.342 e. The third kappa shape index (κ3) is 4.91. The first kappa shape index (κ1) is 18.9. The molecular weight excluding hydrogens is 334 g/mol. The molecular formula is C23H35N3O. The van der Waals surface area contributed by atoms with Gasteiger partial charge >= 0.3 is 0 Å². The number of benzene rings is 1. The molecule has 1 atom stereocenters. The van der Waals surface area contributed by atoms with Crippen molar-refractivity contribution in [2.45, 2.75) is 44.9 Å². The molecule has 1 amide bonds. The number of carbonyl (C=O) groups is 1. The molecule has 1 aromatic carbocycles. The van der Waals surface area contributed by atoms with Crippen molar-refractivity contribution in [1.82, 2.24) is 14.7 Å². The Hall–Kier alpha value is -1.39. The van der Waals surface area contributed by atoms with Gasteiger partial charge in [0.05, 0.1) is 0 Å². The van der Waals surface area contributed by atoms with Crippen molar-refractivity contribution in [2.24, 2.45) is 5.41 Å². The Kier molecular flexibility index (Phi) is 6.14. The van der Waals surface area contributed by atoms with Crippen molar-refractivity contribution in [1.29, 1.82) is 0 Å². The molecule has 1 aromatic rings. The standard InChI is InChI=1S/C23H35N3O/c27-22-9-12-23(20-26(22)16-10-21-7-2-1-3-8-21)11-6-15-25(19-23)18-17-24-13-4-5-14-24/h1-3,7-8H,4-6,9-20H2/t23-/m1/s1. The minimum atomic E-state index is 0.341. The van der Waals surface area contributed by atoms with Gasteiger partial charge in [-0.15, -0.1) is 0 Å². The topological polar surface area (TPSA) is 26.8 Å². The van der Waals surface area contributed by atoms with Crippen molar-refractivity contribution < 1.29 is 4.79 Å². The van der Waals surface area contributed by atoms with Gasteiger partial charge in [0.25, 0.3) is 0 Å². The van der Waals surface area contributed by atoms with E-state index in [9.17, 15) is 4.79 Å². The number of hydrogen-bond donors (Lipinski definition) is 0. The molecule has 4 heteroatoms. The molecule has 3 fully saturated rings. The van der Waals surface area contributed by atoms with Gasteiger partial charge in [-0.05, 0) is 63.7 Å². The van der Waals surface area contributed by atoms with E-state index in [2.05, 4.69) is 45.0 Å². The summed E-state index contributed by atoms with van der Waals surface area (Å²) in [5.74, 6) is 0.366. The summed E-state index contributed by atoms with van der Waals surface area (Å²) in [4.78, 5) is 20.0. The van der Waals surface area contributed by atoms with Crippen molar-refractivity contribution in [3.8, 4) is 0 Å². The maximum atomic E-state index is 12.5. The first-order valence-corrected chi connectivity index (χ1v) is 11.0. The van der Waals surface area contributed by atoms with Crippen LogP contribution in [0.2, 0.25) is 0 Å². The fraction of sp³-hybridized carbons (Fsp3) is 0.696. The third-order valence-corrected chi connectivity index (χ3v) is 6.93. The Labute approximate surface area is 164 Å². The van der Waals surface area contributed by atoms with Gasteiger partial charge in [-0.3, -0.25) is 4.79 Å². The SMILES string of the molecule is O=C1CC[C@@]2(CCCN(CCN3CCCC3)C2)CN1CCc1ccccc1. The Morgan fingerprint density at radius 1 is 0.815 bits per heavy atom. The van der Waals surface area contributed by atoms with Crippen LogP contribution in [0.3, 0.4) is 0 Å². The highest BCUT2D eigenvalue weighted by Crippen LogP contribution is 2.38. The third-order valence-electron chi connectivity index (χ3n) is 6.93. The highest BCUT2D eigenvalue weighted by molar-refractivity contribution is 5.77. The predicted octanol–water partition coefficient (Wildman–Crippen LogP) is 3.03. The summed E-state index contributed by atoms with van der Waals surface area (Å²) in [6.45, 7) is 9.30. The number of hydrogen-bond acceptors (Lipinski definition) is 3. The van der Waals surface area contributed by atoms with Gasteiger partial charge < -0.3 is 14.7 Å². The van der Waals surface area contributed by atoms with Crippen LogP contribution in [0, 0.1) is 5.41 Å². The average Bonchev–Trinajstić information content (AvgIpc) is 3.22. The molecule has 0 bridgehead atoms. The van der Waals surface area contributed by atoms with Crippen LogP contribution < -0.4 is 0 Å². The van der Waals surface area contributed by atoms with Crippen LogP contribution in [-0.4, -0.2) is 73.0 Å². The molecule has 4 nitrogen and oxygen atoms in total. The van der Waals surface area contributed by atoms with Crippen LogP contribution >= 0.6 is 0 Å². The van der Waals surface area contributed by atoms with Crippen LogP contribution in [0.25, 0.3) is 0 Å². The summed E-state index contributed by atoms with van der Waals surface area (Å²) < 4.78 is 0.